The van der Waals surface area contributed by atoms with Crippen LogP contribution < -0.4 is 0 Å². The first-order valence-corrected chi connectivity index (χ1v) is 13.6. The van der Waals surface area contributed by atoms with Crippen LogP contribution in [0.15, 0.2) is 0 Å². The van der Waals surface area contributed by atoms with Gasteiger partial charge in [-0.15, -0.1) is 0 Å². The van der Waals surface area contributed by atoms with Crippen molar-refractivity contribution in [2.45, 2.75) is 111 Å². The molecule has 6 aliphatic rings. The van der Waals surface area contributed by atoms with Gasteiger partial charge < -0.3 is 14.6 Å². The van der Waals surface area contributed by atoms with E-state index in [1.165, 1.54) is 51.9 Å². The minimum atomic E-state index is -0.199. The van der Waals surface area contributed by atoms with E-state index in [1.807, 2.05) is 0 Å². The second-order valence-corrected chi connectivity index (χ2v) is 13.5. The van der Waals surface area contributed by atoms with E-state index < -0.39 is 0 Å². The third-order valence-corrected chi connectivity index (χ3v) is 12.8. The number of carbonyl (C=O) groups excluding carboxylic acids is 1. The van der Waals surface area contributed by atoms with Crippen molar-refractivity contribution in [1.29, 1.82) is 0 Å². The molecular formula is C28H44O4. The average molecular weight is 445 g/mol. The van der Waals surface area contributed by atoms with Gasteiger partial charge in [0, 0.05) is 6.92 Å². The summed E-state index contributed by atoms with van der Waals surface area (Å²) in [6.07, 6.45) is 11.4. The van der Waals surface area contributed by atoms with Gasteiger partial charge in [0.1, 0.15) is 6.61 Å². The molecule has 1 aliphatic heterocycles. The van der Waals surface area contributed by atoms with Crippen LogP contribution in [-0.2, 0) is 14.3 Å². The largest absolute Gasteiger partial charge is 0.463 e. The number of rotatable bonds is 2. The Hall–Kier alpha value is -0.610. The molecule has 0 radical (unpaired) electrons. The van der Waals surface area contributed by atoms with Crippen LogP contribution in [0.1, 0.15) is 92.4 Å². The fourth-order valence-corrected chi connectivity index (χ4v) is 11.4. The molecule has 4 unspecified atom stereocenters. The lowest BCUT2D eigenvalue weighted by atomic mass is 9.46. The summed E-state index contributed by atoms with van der Waals surface area (Å²) in [5, 5.41) is 10.9. The van der Waals surface area contributed by atoms with Crippen molar-refractivity contribution >= 4 is 5.97 Å². The van der Waals surface area contributed by atoms with E-state index in [1.54, 1.807) is 0 Å². The Morgan fingerprint density at radius 3 is 2.47 bits per heavy atom. The van der Waals surface area contributed by atoms with Gasteiger partial charge in [-0.3, -0.25) is 4.79 Å². The number of hydrogen-bond donors (Lipinski definition) is 1. The Bertz CT molecular complexity index is 807. The highest BCUT2D eigenvalue weighted by molar-refractivity contribution is 5.65. The molecule has 5 saturated carbocycles. The van der Waals surface area contributed by atoms with E-state index >= 15 is 0 Å². The van der Waals surface area contributed by atoms with Crippen LogP contribution in [0.4, 0.5) is 0 Å². The summed E-state index contributed by atoms with van der Waals surface area (Å²) >= 11 is 0. The Labute approximate surface area is 194 Å². The van der Waals surface area contributed by atoms with Crippen LogP contribution in [0.3, 0.4) is 0 Å². The van der Waals surface area contributed by atoms with Crippen LogP contribution in [0, 0.1) is 51.2 Å². The maximum absolute atomic E-state index is 11.3. The van der Waals surface area contributed by atoms with E-state index in [2.05, 4.69) is 27.7 Å². The van der Waals surface area contributed by atoms with Gasteiger partial charge in [0.2, 0.25) is 0 Å². The molecule has 32 heavy (non-hydrogen) atoms. The quantitative estimate of drug-likeness (QED) is 0.582. The first kappa shape index (κ1) is 21.9. The topological polar surface area (TPSA) is 55.8 Å². The molecule has 0 bridgehead atoms. The molecule has 4 nitrogen and oxygen atoms in total. The number of carbonyl (C=O) groups is 1. The van der Waals surface area contributed by atoms with Crippen molar-refractivity contribution < 1.29 is 19.4 Å². The molecule has 6 rings (SSSR count). The molecule has 0 aromatic rings. The zero-order valence-electron chi connectivity index (χ0n) is 20.9. The average Bonchev–Trinajstić information content (AvgIpc) is 3.13. The Morgan fingerprint density at radius 1 is 0.969 bits per heavy atom. The maximum atomic E-state index is 11.3. The number of aliphatic hydroxyl groups is 1. The summed E-state index contributed by atoms with van der Waals surface area (Å²) in [4.78, 5) is 11.3. The minimum Gasteiger partial charge on any atom is -0.463 e. The molecule has 1 heterocycles. The summed E-state index contributed by atoms with van der Waals surface area (Å²) in [5.41, 5.74) is 1.46. The summed E-state index contributed by atoms with van der Waals surface area (Å²) in [5.74, 6) is 3.57. The number of ether oxygens (including phenoxy) is 2. The summed E-state index contributed by atoms with van der Waals surface area (Å²) in [6.45, 7) is 11.8. The molecule has 6 fully saturated rings. The molecular weight excluding hydrogens is 400 g/mol. The predicted octanol–water partition coefficient (Wildman–Crippen LogP) is 5.36. The maximum Gasteiger partial charge on any atom is 0.302 e. The van der Waals surface area contributed by atoms with Crippen molar-refractivity contribution in [1.82, 2.24) is 0 Å². The Balaban J connectivity index is 1.27. The first-order valence-electron chi connectivity index (χ1n) is 13.6. The van der Waals surface area contributed by atoms with Crippen LogP contribution in [0.2, 0.25) is 0 Å². The van der Waals surface area contributed by atoms with E-state index in [0.29, 0.717) is 40.8 Å². The van der Waals surface area contributed by atoms with Crippen LogP contribution in [0.25, 0.3) is 0 Å². The second kappa shape index (κ2) is 6.74. The van der Waals surface area contributed by atoms with Crippen LogP contribution >= 0.6 is 0 Å². The van der Waals surface area contributed by atoms with E-state index in [9.17, 15) is 9.90 Å². The van der Waals surface area contributed by atoms with Gasteiger partial charge in [-0.1, -0.05) is 27.7 Å². The molecule has 0 aromatic heterocycles. The van der Waals surface area contributed by atoms with Crippen LogP contribution in [-0.4, -0.2) is 36.0 Å². The van der Waals surface area contributed by atoms with Gasteiger partial charge in [0.25, 0.3) is 0 Å². The molecule has 5 aliphatic carbocycles. The Morgan fingerprint density at radius 2 is 1.72 bits per heavy atom. The molecule has 0 aromatic carbocycles. The van der Waals surface area contributed by atoms with Crippen molar-refractivity contribution in [3.8, 4) is 0 Å². The van der Waals surface area contributed by atoms with Gasteiger partial charge in [-0.05, 0) is 109 Å². The van der Waals surface area contributed by atoms with Crippen LogP contribution in [0.5, 0.6) is 0 Å². The fraction of sp³-hybridized carbons (Fsp3) is 0.964. The third-order valence-electron chi connectivity index (χ3n) is 12.8. The lowest BCUT2D eigenvalue weighted by molar-refractivity contribution is -0.154. The lowest BCUT2D eigenvalue weighted by Crippen LogP contribution is -2.54. The number of fused-ring (bicyclic) bond motifs is 4. The summed E-state index contributed by atoms with van der Waals surface area (Å²) < 4.78 is 11.9. The molecule has 180 valence electrons. The Kier molecular flexibility index (Phi) is 4.61. The molecule has 4 heteroatoms. The number of esters is 1. The zero-order chi connectivity index (χ0) is 22.7. The first-order chi connectivity index (χ1) is 15.1. The molecule has 11 atom stereocenters. The monoisotopic (exact) mass is 444 g/mol. The highest BCUT2D eigenvalue weighted by Gasteiger charge is 2.84. The highest BCUT2D eigenvalue weighted by atomic mass is 16.6. The summed E-state index contributed by atoms with van der Waals surface area (Å²) in [6, 6.07) is 0. The van der Waals surface area contributed by atoms with Gasteiger partial charge in [0.15, 0.2) is 0 Å². The number of aliphatic hydroxyl groups excluding tert-OH is 1. The van der Waals surface area contributed by atoms with Crippen molar-refractivity contribution in [2.75, 3.05) is 6.61 Å². The van der Waals surface area contributed by atoms with E-state index in [0.717, 1.165) is 30.6 Å². The molecule has 1 saturated heterocycles. The fourth-order valence-electron chi connectivity index (χ4n) is 11.4. The number of hydrogen-bond acceptors (Lipinski definition) is 4. The van der Waals surface area contributed by atoms with E-state index in [4.69, 9.17) is 9.47 Å². The summed E-state index contributed by atoms with van der Waals surface area (Å²) in [7, 11) is 0. The van der Waals surface area contributed by atoms with Gasteiger partial charge in [-0.25, -0.2) is 0 Å². The molecule has 1 N–H and O–H groups in total. The van der Waals surface area contributed by atoms with Crippen molar-refractivity contribution in [3.63, 3.8) is 0 Å². The van der Waals surface area contributed by atoms with Crippen molar-refractivity contribution in [3.05, 3.63) is 0 Å². The van der Waals surface area contributed by atoms with Gasteiger partial charge in [-0.2, -0.15) is 0 Å². The zero-order valence-corrected chi connectivity index (χ0v) is 20.9. The predicted molar refractivity (Wildman–Crippen MR) is 123 cm³/mol. The van der Waals surface area contributed by atoms with Crippen molar-refractivity contribution in [2.24, 2.45) is 51.2 Å². The standard InChI is InChI=1S/C28H44O4/c1-16-27-13-12-26(5)20-7-6-18(15-31-17(2)29)32-22(20)14-21(26)19(27)8-9-23-25(3,4)24(30)10-11-28(16,23)27/h16,18-24,30H,6-15H2,1-5H3/t16-,18+,19-,20?,21?,22+,23?,24-,26+,27-,28?/m0/s1. The van der Waals surface area contributed by atoms with E-state index in [-0.39, 0.29) is 23.6 Å². The molecule has 2 spiro atoms. The third kappa shape index (κ3) is 2.45. The van der Waals surface area contributed by atoms with Gasteiger partial charge in [0.05, 0.1) is 18.3 Å². The lowest BCUT2D eigenvalue weighted by Gasteiger charge is -2.59. The second-order valence-electron chi connectivity index (χ2n) is 13.5. The smallest absolute Gasteiger partial charge is 0.302 e. The SMILES string of the molecule is CC(=O)OC[C@H]1CCC2[C@@H](CC3[C@@H]4CCC5C(C)(C)[C@@H](O)CCC56[C@@H](C)[C@@]46CC[C@]23C)O1. The molecule has 0 amide bonds. The minimum absolute atomic E-state index is 0.0540. The van der Waals surface area contributed by atoms with Gasteiger partial charge >= 0.3 is 5.97 Å². The normalized spacial score (nSPS) is 57.3. The highest BCUT2D eigenvalue weighted by Crippen LogP contribution is 2.89.